The van der Waals surface area contributed by atoms with Crippen molar-refractivity contribution in [3.8, 4) is 11.4 Å². The molecule has 0 atom stereocenters. The summed E-state index contributed by atoms with van der Waals surface area (Å²) in [6, 6.07) is 3.98. The molecule has 1 aromatic carbocycles. The minimum Gasteiger partial charge on any atom is -0.396 e. The Balaban J connectivity index is 1.86. The SMILES string of the molecule is Nc1cnn(Cc2nc(-c3ccc(F)cc3Cl)no2)c1. The first-order valence-corrected chi connectivity index (χ1v) is 6.05. The first-order valence-electron chi connectivity index (χ1n) is 5.68. The van der Waals surface area contributed by atoms with Gasteiger partial charge in [-0.3, -0.25) is 4.68 Å². The number of rotatable bonds is 3. The third-order valence-corrected chi connectivity index (χ3v) is 2.90. The summed E-state index contributed by atoms with van der Waals surface area (Å²) in [7, 11) is 0. The number of aromatic nitrogens is 4. The first kappa shape index (κ1) is 12.6. The van der Waals surface area contributed by atoms with Gasteiger partial charge in [0.15, 0.2) is 0 Å². The maximum absolute atomic E-state index is 13.0. The van der Waals surface area contributed by atoms with Crippen molar-refractivity contribution in [2.24, 2.45) is 0 Å². The van der Waals surface area contributed by atoms with Crippen LogP contribution in [0.25, 0.3) is 11.4 Å². The molecule has 0 aliphatic carbocycles. The fourth-order valence-corrected chi connectivity index (χ4v) is 1.96. The first-order chi connectivity index (χ1) is 9.61. The number of benzene rings is 1. The van der Waals surface area contributed by atoms with Crippen LogP contribution in [0.1, 0.15) is 5.89 Å². The molecule has 6 nitrogen and oxygen atoms in total. The lowest BCUT2D eigenvalue weighted by Crippen LogP contribution is -2.00. The summed E-state index contributed by atoms with van der Waals surface area (Å²) in [4.78, 5) is 4.19. The fraction of sp³-hybridized carbons (Fsp3) is 0.0833. The number of hydrogen-bond acceptors (Lipinski definition) is 5. The van der Waals surface area contributed by atoms with E-state index in [9.17, 15) is 4.39 Å². The number of nitrogens with two attached hydrogens (primary N) is 1. The van der Waals surface area contributed by atoms with Crippen molar-refractivity contribution >= 4 is 17.3 Å². The zero-order valence-corrected chi connectivity index (χ0v) is 10.9. The van der Waals surface area contributed by atoms with Crippen LogP contribution in [-0.2, 0) is 6.54 Å². The van der Waals surface area contributed by atoms with Crippen LogP contribution in [0.15, 0.2) is 35.1 Å². The van der Waals surface area contributed by atoms with Gasteiger partial charge in [0.1, 0.15) is 12.4 Å². The Morgan fingerprint density at radius 3 is 2.95 bits per heavy atom. The number of hydrogen-bond donors (Lipinski definition) is 1. The van der Waals surface area contributed by atoms with Gasteiger partial charge < -0.3 is 10.3 Å². The van der Waals surface area contributed by atoms with Crippen molar-refractivity contribution < 1.29 is 8.91 Å². The quantitative estimate of drug-likeness (QED) is 0.801. The molecule has 2 heterocycles. The summed E-state index contributed by atoms with van der Waals surface area (Å²) >= 11 is 5.94. The molecule has 0 bridgehead atoms. The molecular formula is C12H9ClFN5O. The molecule has 0 fully saturated rings. The van der Waals surface area contributed by atoms with Gasteiger partial charge in [-0.15, -0.1) is 0 Å². The van der Waals surface area contributed by atoms with E-state index in [1.165, 1.54) is 24.4 Å². The molecule has 2 aromatic heterocycles. The molecule has 0 amide bonds. The summed E-state index contributed by atoms with van der Waals surface area (Å²) in [5, 5.41) is 8.05. The van der Waals surface area contributed by atoms with Crippen LogP contribution in [0.3, 0.4) is 0 Å². The Bertz CT molecular complexity index is 754. The Hall–Kier alpha value is -2.41. The van der Waals surface area contributed by atoms with Crippen molar-refractivity contribution in [1.82, 2.24) is 19.9 Å². The Morgan fingerprint density at radius 1 is 1.40 bits per heavy atom. The van der Waals surface area contributed by atoms with Crippen molar-refractivity contribution in [3.05, 3.63) is 47.3 Å². The average Bonchev–Trinajstić information content (AvgIpc) is 2.99. The van der Waals surface area contributed by atoms with E-state index in [-0.39, 0.29) is 5.02 Å². The molecule has 102 valence electrons. The van der Waals surface area contributed by atoms with E-state index in [0.29, 0.717) is 29.5 Å². The van der Waals surface area contributed by atoms with Crippen LogP contribution in [0.5, 0.6) is 0 Å². The number of halogens is 2. The van der Waals surface area contributed by atoms with Gasteiger partial charge in [-0.05, 0) is 18.2 Å². The molecule has 0 saturated heterocycles. The molecule has 0 unspecified atom stereocenters. The largest absolute Gasteiger partial charge is 0.396 e. The van der Waals surface area contributed by atoms with Gasteiger partial charge in [-0.2, -0.15) is 10.1 Å². The molecular weight excluding hydrogens is 285 g/mol. The average molecular weight is 294 g/mol. The number of nitrogen functional groups attached to an aromatic ring is 1. The van der Waals surface area contributed by atoms with E-state index in [1.54, 1.807) is 10.9 Å². The van der Waals surface area contributed by atoms with E-state index in [1.807, 2.05) is 0 Å². The Morgan fingerprint density at radius 2 is 2.25 bits per heavy atom. The molecule has 0 aliphatic rings. The lowest BCUT2D eigenvalue weighted by molar-refractivity contribution is 0.366. The maximum Gasteiger partial charge on any atom is 0.248 e. The predicted octanol–water partition coefficient (Wildman–Crippen LogP) is 2.36. The van der Waals surface area contributed by atoms with Crippen molar-refractivity contribution in [1.29, 1.82) is 0 Å². The van der Waals surface area contributed by atoms with E-state index in [0.717, 1.165) is 0 Å². The Labute approximate surface area is 118 Å². The summed E-state index contributed by atoms with van der Waals surface area (Å²) in [5.74, 6) is 0.225. The van der Waals surface area contributed by atoms with Gasteiger partial charge in [0.2, 0.25) is 11.7 Å². The van der Waals surface area contributed by atoms with Crippen LogP contribution in [0, 0.1) is 5.82 Å². The standard InChI is InChI=1S/C12H9ClFN5O/c13-10-3-7(14)1-2-9(10)12-17-11(20-18-12)6-19-5-8(15)4-16-19/h1-5H,6,15H2. The van der Waals surface area contributed by atoms with Crippen LogP contribution in [0.4, 0.5) is 10.1 Å². The second-order valence-electron chi connectivity index (χ2n) is 4.11. The molecule has 0 saturated carbocycles. The number of anilines is 1. The topological polar surface area (TPSA) is 82.8 Å². The highest BCUT2D eigenvalue weighted by Gasteiger charge is 2.13. The van der Waals surface area contributed by atoms with Gasteiger partial charge >= 0.3 is 0 Å². The molecule has 2 N–H and O–H groups in total. The summed E-state index contributed by atoms with van der Waals surface area (Å²) < 4.78 is 19.7. The highest BCUT2D eigenvalue weighted by Crippen LogP contribution is 2.26. The van der Waals surface area contributed by atoms with Crippen LogP contribution < -0.4 is 5.73 Å². The van der Waals surface area contributed by atoms with Gasteiger partial charge in [0.05, 0.1) is 16.9 Å². The molecule has 0 aliphatic heterocycles. The van der Waals surface area contributed by atoms with Crippen LogP contribution in [0.2, 0.25) is 5.02 Å². The van der Waals surface area contributed by atoms with Crippen molar-refractivity contribution in [2.75, 3.05) is 5.73 Å². The van der Waals surface area contributed by atoms with Crippen molar-refractivity contribution in [2.45, 2.75) is 6.54 Å². The smallest absolute Gasteiger partial charge is 0.248 e. The molecule has 0 spiro atoms. The van der Waals surface area contributed by atoms with Crippen LogP contribution >= 0.6 is 11.6 Å². The molecule has 3 rings (SSSR count). The summed E-state index contributed by atoms with van der Waals surface area (Å²) in [6.45, 7) is 0.295. The van der Waals surface area contributed by atoms with E-state index in [4.69, 9.17) is 21.9 Å². The molecule has 3 aromatic rings. The molecule has 0 radical (unpaired) electrons. The van der Waals surface area contributed by atoms with Gasteiger partial charge in [0.25, 0.3) is 0 Å². The number of nitrogens with zero attached hydrogens (tertiary/aromatic N) is 4. The van der Waals surface area contributed by atoms with Gasteiger partial charge in [-0.25, -0.2) is 4.39 Å². The Kier molecular flexibility index (Phi) is 3.11. The lowest BCUT2D eigenvalue weighted by atomic mass is 10.2. The van der Waals surface area contributed by atoms with E-state index in [2.05, 4.69) is 15.2 Å². The molecule has 20 heavy (non-hydrogen) atoms. The highest BCUT2D eigenvalue weighted by molar-refractivity contribution is 6.33. The summed E-state index contributed by atoms with van der Waals surface area (Å²) in [6.07, 6.45) is 3.17. The third-order valence-electron chi connectivity index (χ3n) is 2.59. The predicted molar refractivity (Wildman–Crippen MR) is 70.4 cm³/mol. The second-order valence-corrected chi connectivity index (χ2v) is 4.51. The highest BCUT2D eigenvalue weighted by atomic mass is 35.5. The van der Waals surface area contributed by atoms with Crippen LogP contribution in [-0.4, -0.2) is 19.9 Å². The fourth-order valence-electron chi connectivity index (χ4n) is 1.70. The second kappa shape index (κ2) is 4.93. The van der Waals surface area contributed by atoms with Gasteiger partial charge in [-0.1, -0.05) is 16.8 Å². The zero-order chi connectivity index (χ0) is 14.1. The lowest BCUT2D eigenvalue weighted by Gasteiger charge is -1.97. The maximum atomic E-state index is 13.0. The van der Waals surface area contributed by atoms with Gasteiger partial charge in [0, 0.05) is 11.8 Å². The molecule has 8 heteroatoms. The van der Waals surface area contributed by atoms with Crippen molar-refractivity contribution in [3.63, 3.8) is 0 Å². The minimum atomic E-state index is -0.422. The zero-order valence-electron chi connectivity index (χ0n) is 10.1. The monoisotopic (exact) mass is 293 g/mol. The van der Waals surface area contributed by atoms with E-state index >= 15 is 0 Å². The van der Waals surface area contributed by atoms with E-state index < -0.39 is 5.82 Å². The summed E-state index contributed by atoms with van der Waals surface area (Å²) in [5.41, 5.74) is 6.61. The normalized spacial score (nSPS) is 10.9. The minimum absolute atomic E-state index is 0.223. The third kappa shape index (κ3) is 2.48.